The first kappa shape index (κ1) is 11.6. The van der Waals surface area contributed by atoms with Gasteiger partial charge in [-0.3, -0.25) is 0 Å². The molecule has 16 heavy (non-hydrogen) atoms. The summed E-state index contributed by atoms with van der Waals surface area (Å²) in [4.78, 5) is 0. The maximum Gasteiger partial charge on any atom is 0.0808 e. The van der Waals surface area contributed by atoms with Crippen molar-refractivity contribution in [2.75, 3.05) is 6.54 Å². The number of ether oxygens (including phenoxy) is 1. The Bertz CT molecular complexity index is 342. The van der Waals surface area contributed by atoms with Crippen molar-refractivity contribution >= 4 is 0 Å². The number of hydrogen-bond acceptors (Lipinski definition) is 2. The molecule has 0 amide bonds. The molecule has 2 heteroatoms. The predicted octanol–water partition coefficient (Wildman–Crippen LogP) is 2.78. The number of aryl methyl sites for hydroxylation is 1. The van der Waals surface area contributed by atoms with Crippen molar-refractivity contribution in [3.8, 4) is 0 Å². The second kappa shape index (κ2) is 4.98. The van der Waals surface area contributed by atoms with Gasteiger partial charge in [0.25, 0.3) is 0 Å². The minimum atomic E-state index is -0.0380. The average molecular weight is 219 g/mol. The molecular formula is C14H21NO. The van der Waals surface area contributed by atoms with E-state index in [0.717, 1.165) is 12.8 Å². The van der Waals surface area contributed by atoms with E-state index in [1.807, 2.05) is 0 Å². The lowest BCUT2D eigenvalue weighted by molar-refractivity contribution is -0.0448. The first-order valence-corrected chi connectivity index (χ1v) is 6.14. The SMILES string of the molecule is Cc1cccc(COC2(CN)CCCC2)c1. The summed E-state index contributed by atoms with van der Waals surface area (Å²) in [6, 6.07) is 8.49. The zero-order valence-corrected chi connectivity index (χ0v) is 10.0. The van der Waals surface area contributed by atoms with E-state index in [4.69, 9.17) is 10.5 Å². The van der Waals surface area contributed by atoms with Gasteiger partial charge < -0.3 is 10.5 Å². The van der Waals surface area contributed by atoms with Crippen LogP contribution in [0.15, 0.2) is 24.3 Å². The van der Waals surface area contributed by atoms with E-state index in [0.29, 0.717) is 13.2 Å². The largest absolute Gasteiger partial charge is 0.369 e. The second-order valence-corrected chi connectivity index (χ2v) is 4.87. The summed E-state index contributed by atoms with van der Waals surface area (Å²) in [5.41, 5.74) is 8.34. The van der Waals surface area contributed by atoms with Crippen molar-refractivity contribution in [3.05, 3.63) is 35.4 Å². The van der Waals surface area contributed by atoms with Crippen LogP contribution < -0.4 is 5.73 Å². The third-order valence-corrected chi connectivity index (χ3v) is 3.51. The summed E-state index contributed by atoms with van der Waals surface area (Å²) in [5.74, 6) is 0. The molecular weight excluding hydrogens is 198 g/mol. The Balaban J connectivity index is 1.95. The Morgan fingerprint density at radius 2 is 2.06 bits per heavy atom. The molecule has 0 unspecified atom stereocenters. The smallest absolute Gasteiger partial charge is 0.0808 e. The van der Waals surface area contributed by atoms with Gasteiger partial charge in [-0.1, -0.05) is 42.7 Å². The van der Waals surface area contributed by atoms with Gasteiger partial charge in [0.2, 0.25) is 0 Å². The van der Waals surface area contributed by atoms with Gasteiger partial charge in [0, 0.05) is 6.54 Å². The maximum absolute atomic E-state index is 6.06. The fourth-order valence-corrected chi connectivity index (χ4v) is 2.47. The Morgan fingerprint density at radius 1 is 1.31 bits per heavy atom. The molecule has 2 N–H and O–H groups in total. The first-order chi connectivity index (χ1) is 7.74. The molecule has 2 nitrogen and oxygen atoms in total. The quantitative estimate of drug-likeness (QED) is 0.845. The third kappa shape index (κ3) is 2.63. The van der Waals surface area contributed by atoms with Gasteiger partial charge in [-0.15, -0.1) is 0 Å². The van der Waals surface area contributed by atoms with Crippen LogP contribution in [0.4, 0.5) is 0 Å². The second-order valence-electron chi connectivity index (χ2n) is 4.87. The number of benzene rings is 1. The standard InChI is InChI=1S/C14H21NO/c1-12-5-4-6-13(9-12)10-16-14(11-15)7-2-3-8-14/h4-6,9H,2-3,7-8,10-11,15H2,1H3. The molecule has 1 aliphatic carbocycles. The summed E-state index contributed by atoms with van der Waals surface area (Å²) in [6.07, 6.45) is 4.75. The van der Waals surface area contributed by atoms with E-state index < -0.39 is 0 Å². The molecule has 0 bridgehead atoms. The van der Waals surface area contributed by atoms with Crippen LogP contribution in [0.1, 0.15) is 36.8 Å². The van der Waals surface area contributed by atoms with Crippen LogP contribution in [0, 0.1) is 6.92 Å². The highest BCUT2D eigenvalue weighted by Gasteiger charge is 2.33. The van der Waals surface area contributed by atoms with E-state index in [-0.39, 0.29) is 5.60 Å². The fraction of sp³-hybridized carbons (Fsp3) is 0.571. The summed E-state index contributed by atoms with van der Waals surface area (Å²) < 4.78 is 6.06. The normalized spacial score (nSPS) is 18.9. The monoisotopic (exact) mass is 219 g/mol. The molecule has 1 aliphatic rings. The number of nitrogens with two attached hydrogens (primary N) is 1. The van der Waals surface area contributed by atoms with Crippen LogP contribution in [0.25, 0.3) is 0 Å². The maximum atomic E-state index is 6.06. The average Bonchev–Trinajstić information content (AvgIpc) is 2.76. The fourth-order valence-electron chi connectivity index (χ4n) is 2.47. The molecule has 0 saturated heterocycles. The molecule has 0 aromatic heterocycles. The molecule has 0 spiro atoms. The Morgan fingerprint density at radius 3 is 2.69 bits per heavy atom. The van der Waals surface area contributed by atoms with Crippen molar-refractivity contribution in [2.24, 2.45) is 5.73 Å². The highest BCUT2D eigenvalue weighted by atomic mass is 16.5. The molecule has 0 radical (unpaired) electrons. The molecule has 1 aromatic rings. The molecule has 2 rings (SSSR count). The van der Waals surface area contributed by atoms with Crippen molar-refractivity contribution in [3.63, 3.8) is 0 Å². The molecule has 0 heterocycles. The van der Waals surface area contributed by atoms with E-state index in [9.17, 15) is 0 Å². The van der Waals surface area contributed by atoms with Crippen LogP contribution >= 0.6 is 0 Å². The topological polar surface area (TPSA) is 35.2 Å². The number of hydrogen-bond donors (Lipinski definition) is 1. The lowest BCUT2D eigenvalue weighted by Crippen LogP contribution is -2.37. The number of rotatable bonds is 4. The van der Waals surface area contributed by atoms with Crippen LogP contribution in [0.5, 0.6) is 0 Å². The van der Waals surface area contributed by atoms with Crippen LogP contribution in [0.2, 0.25) is 0 Å². The summed E-state index contributed by atoms with van der Waals surface area (Å²) in [6.45, 7) is 3.45. The highest BCUT2D eigenvalue weighted by molar-refractivity contribution is 5.21. The van der Waals surface area contributed by atoms with Gasteiger partial charge >= 0.3 is 0 Å². The van der Waals surface area contributed by atoms with Gasteiger partial charge in [0.05, 0.1) is 12.2 Å². The van der Waals surface area contributed by atoms with E-state index >= 15 is 0 Å². The van der Waals surface area contributed by atoms with E-state index in [1.165, 1.54) is 24.0 Å². The minimum absolute atomic E-state index is 0.0380. The Hall–Kier alpha value is -0.860. The van der Waals surface area contributed by atoms with Crippen molar-refractivity contribution in [1.29, 1.82) is 0 Å². The van der Waals surface area contributed by atoms with Gasteiger partial charge in [-0.2, -0.15) is 0 Å². The summed E-state index contributed by atoms with van der Waals surface area (Å²) in [5, 5.41) is 0. The van der Waals surface area contributed by atoms with Gasteiger partial charge in [-0.25, -0.2) is 0 Å². The zero-order chi connectivity index (χ0) is 11.4. The van der Waals surface area contributed by atoms with E-state index in [2.05, 4.69) is 31.2 Å². The molecule has 88 valence electrons. The Kier molecular flexibility index (Phi) is 3.62. The zero-order valence-electron chi connectivity index (χ0n) is 10.0. The Labute approximate surface area is 97.8 Å². The van der Waals surface area contributed by atoms with Crippen molar-refractivity contribution < 1.29 is 4.74 Å². The lowest BCUT2D eigenvalue weighted by atomic mass is 10.0. The van der Waals surface area contributed by atoms with Crippen molar-refractivity contribution in [1.82, 2.24) is 0 Å². The van der Waals surface area contributed by atoms with Gasteiger partial charge in [0.15, 0.2) is 0 Å². The summed E-state index contributed by atoms with van der Waals surface area (Å²) >= 11 is 0. The molecule has 0 aliphatic heterocycles. The lowest BCUT2D eigenvalue weighted by Gasteiger charge is -2.27. The van der Waals surface area contributed by atoms with Gasteiger partial charge in [0.1, 0.15) is 0 Å². The molecule has 1 aromatic carbocycles. The van der Waals surface area contributed by atoms with Crippen molar-refractivity contribution in [2.45, 2.75) is 44.8 Å². The molecule has 1 saturated carbocycles. The molecule has 1 fully saturated rings. The predicted molar refractivity (Wildman–Crippen MR) is 66.2 cm³/mol. The molecule has 0 atom stereocenters. The third-order valence-electron chi connectivity index (χ3n) is 3.51. The van der Waals surface area contributed by atoms with Crippen LogP contribution in [-0.4, -0.2) is 12.1 Å². The van der Waals surface area contributed by atoms with Gasteiger partial charge in [-0.05, 0) is 25.3 Å². The minimum Gasteiger partial charge on any atom is -0.369 e. The van der Waals surface area contributed by atoms with Crippen LogP contribution in [-0.2, 0) is 11.3 Å². The van der Waals surface area contributed by atoms with E-state index in [1.54, 1.807) is 0 Å². The first-order valence-electron chi connectivity index (χ1n) is 6.14. The summed E-state index contributed by atoms with van der Waals surface area (Å²) in [7, 11) is 0. The highest BCUT2D eigenvalue weighted by Crippen LogP contribution is 2.33. The van der Waals surface area contributed by atoms with Crippen LogP contribution in [0.3, 0.4) is 0 Å².